The fourth-order valence-electron chi connectivity index (χ4n) is 1.16. The van der Waals surface area contributed by atoms with Crippen molar-refractivity contribution in [3.05, 3.63) is 35.4 Å². The smallest absolute Gasteiger partial charge is 0.321 e. The Bertz CT molecular complexity index is 468. The lowest BCUT2D eigenvalue weighted by Gasteiger charge is -2.09. The predicted molar refractivity (Wildman–Crippen MR) is 63.4 cm³/mol. The fourth-order valence-corrected chi connectivity index (χ4v) is 1.51. The summed E-state index contributed by atoms with van der Waals surface area (Å²) in [6.07, 6.45) is 0. The highest BCUT2D eigenvalue weighted by atomic mass is 79.9. The minimum atomic E-state index is -0.961. The van der Waals surface area contributed by atoms with Crippen molar-refractivity contribution in [1.29, 1.82) is 0 Å². The van der Waals surface area contributed by atoms with Gasteiger partial charge in [-0.05, 0) is 12.1 Å². The third kappa shape index (κ3) is 3.76. The van der Waals surface area contributed by atoms with Crippen LogP contribution in [-0.2, 0) is 9.53 Å². The summed E-state index contributed by atoms with van der Waals surface area (Å²) >= 11 is 2.99. The van der Waals surface area contributed by atoms with Crippen molar-refractivity contribution in [2.45, 2.75) is 4.83 Å². The molecule has 7 heteroatoms. The third-order valence-corrected chi connectivity index (χ3v) is 2.77. The molecule has 0 aliphatic heterocycles. The molecule has 18 heavy (non-hydrogen) atoms. The molecule has 1 amide bonds. The molecule has 0 radical (unpaired) electrons. The lowest BCUT2D eigenvalue weighted by molar-refractivity contribution is -0.139. The maximum atomic E-state index is 13.2. The molecule has 0 aliphatic rings. The van der Waals surface area contributed by atoms with Crippen molar-refractivity contribution in [3.63, 3.8) is 0 Å². The second-order valence-electron chi connectivity index (χ2n) is 3.32. The van der Waals surface area contributed by atoms with Gasteiger partial charge < -0.3 is 10.1 Å². The molecule has 0 saturated heterocycles. The number of benzene rings is 1. The van der Waals surface area contributed by atoms with E-state index in [1.54, 1.807) is 0 Å². The number of rotatable bonds is 4. The average molecular weight is 322 g/mol. The number of ether oxygens (including phenoxy) is 1. The Balaban J connectivity index is 2.63. The zero-order chi connectivity index (χ0) is 13.7. The van der Waals surface area contributed by atoms with E-state index >= 15 is 0 Å². The molecule has 0 fully saturated rings. The van der Waals surface area contributed by atoms with Gasteiger partial charge in [0, 0.05) is 12.6 Å². The Hall–Kier alpha value is -1.50. The average Bonchev–Trinajstić information content (AvgIpc) is 2.34. The summed E-state index contributed by atoms with van der Waals surface area (Å²) in [7, 11) is 1.21. The summed E-state index contributed by atoms with van der Waals surface area (Å²) in [5.74, 6) is -3.02. The fraction of sp³-hybridized carbons (Fsp3) is 0.273. The Morgan fingerprint density at radius 1 is 1.44 bits per heavy atom. The largest absolute Gasteiger partial charge is 0.468 e. The molecule has 4 nitrogen and oxygen atoms in total. The number of esters is 1. The number of carbonyl (C=O) groups excluding carboxylic acids is 2. The molecule has 0 aliphatic carbocycles. The highest BCUT2D eigenvalue weighted by Gasteiger charge is 2.18. The summed E-state index contributed by atoms with van der Waals surface area (Å²) in [6.45, 7) is -0.0671. The van der Waals surface area contributed by atoms with Gasteiger partial charge in [0.15, 0.2) is 0 Å². The second-order valence-corrected chi connectivity index (χ2v) is 4.43. The van der Waals surface area contributed by atoms with Crippen LogP contribution in [-0.4, -0.2) is 30.4 Å². The van der Waals surface area contributed by atoms with Crippen LogP contribution in [0.25, 0.3) is 0 Å². The van der Waals surface area contributed by atoms with Crippen LogP contribution >= 0.6 is 15.9 Å². The molecular formula is C11H10BrF2NO3. The number of methoxy groups -OCH3 is 1. The van der Waals surface area contributed by atoms with E-state index in [2.05, 4.69) is 26.0 Å². The van der Waals surface area contributed by atoms with Gasteiger partial charge in [0.05, 0.1) is 12.7 Å². The Morgan fingerprint density at radius 2 is 2.11 bits per heavy atom. The third-order valence-electron chi connectivity index (χ3n) is 2.07. The first-order valence-electron chi connectivity index (χ1n) is 4.91. The molecule has 0 aromatic heterocycles. The quantitative estimate of drug-likeness (QED) is 0.677. The Morgan fingerprint density at radius 3 is 2.67 bits per heavy atom. The van der Waals surface area contributed by atoms with Crippen LogP contribution in [0.5, 0.6) is 0 Å². The molecule has 0 heterocycles. The molecule has 1 unspecified atom stereocenters. The van der Waals surface area contributed by atoms with Crippen molar-refractivity contribution < 1.29 is 23.1 Å². The summed E-state index contributed by atoms with van der Waals surface area (Å²) < 4.78 is 30.3. The van der Waals surface area contributed by atoms with Crippen LogP contribution in [0.15, 0.2) is 18.2 Å². The van der Waals surface area contributed by atoms with Crippen LogP contribution in [0.3, 0.4) is 0 Å². The van der Waals surface area contributed by atoms with Crippen molar-refractivity contribution in [2.75, 3.05) is 13.7 Å². The van der Waals surface area contributed by atoms with E-state index in [1.807, 2.05) is 0 Å². The van der Waals surface area contributed by atoms with Crippen LogP contribution in [0.2, 0.25) is 0 Å². The van der Waals surface area contributed by atoms with E-state index in [1.165, 1.54) is 7.11 Å². The van der Waals surface area contributed by atoms with E-state index in [4.69, 9.17) is 0 Å². The maximum absolute atomic E-state index is 13.2. The van der Waals surface area contributed by atoms with Crippen LogP contribution in [0, 0.1) is 11.6 Å². The second kappa shape index (κ2) is 6.44. The minimum absolute atomic E-state index is 0.0671. The summed E-state index contributed by atoms with van der Waals surface area (Å²) in [5.41, 5.74) is -0.291. The standard InChI is InChI=1S/C11H10BrF2NO3/c1-18-11(17)8(12)5-15-10(16)7-3-2-6(13)4-9(7)14/h2-4,8H,5H2,1H3,(H,15,16). The van der Waals surface area contributed by atoms with Crippen molar-refractivity contribution in [2.24, 2.45) is 0 Å². The summed E-state index contributed by atoms with van der Waals surface area (Å²) in [6, 6.07) is 2.62. The van der Waals surface area contributed by atoms with Gasteiger partial charge >= 0.3 is 5.97 Å². The molecule has 1 aromatic carbocycles. The summed E-state index contributed by atoms with van der Waals surface area (Å²) in [4.78, 5) is 21.8. The SMILES string of the molecule is COC(=O)C(Br)CNC(=O)c1ccc(F)cc1F. The lowest BCUT2D eigenvalue weighted by Crippen LogP contribution is -2.34. The Kier molecular flexibility index (Phi) is 5.21. The van der Waals surface area contributed by atoms with Gasteiger partial charge in [-0.1, -0.05) is 15.9 Å². The topological polar surface area (TPSA) is 55.4 Å². The molecule has 1 aromatic rings. The van der Waals surface area contributed by atoms with Gasteiger partial charge in [0.2, 0.25) is 0 Å². The van der Waals surface area contributed by atoms with E-state index in [9.17, 15) is 18.4 Å². The highest BCUT2D eigenvalue weighted by molar-refractivity contribution is 9.10. The first-order chi connectivity index (χ1) is 8.45. The summed E-state index contributed by atoms with van der Waals surface area (Å²) in [5, 5.41) is 2.33. The zero-order valence-electron chi connectivity index (χ0n) is 9.38. The van der Waals surface area contributed by atoms with E-state index < -0.39 is 28.3 Å². The number of amides is 1. The van der Waals surface area contributed by atoms with Gasteiger partial charge in [0.1, 0.15) is 16.5 Å². The minimum Gasteiger partial charge on any atom is -0.468 e. The van der Waals surface area contributed by atoms with Crippen molar-refractivity contribution in [1.82, 2.24) is 5.32 Å². The first-order valence-corrected chi connectivity index (χ1v) is 5.82. The molecule has 1 N–H and O–H groups in total. The van der Waals surface area contributed by atoms with Gasteiger partial charge in [-0.15, -0.1) is 0 Å². The van der Waals surface area contributed by atoms with E-state index in [0.29, 0.717) is 6.07 Å². The predicted octanol–water partition coefficient (Wildman–Crippen LogP) is 1.63. The van der Waals surface area contributed by atoms with Gasteiger partial charge in [-0.2, -0.15) is 0 Å². The zero-order valence-corrected chi connectivity index (χ0v) is 11.0. The van der Waals surface area contributed by atoms with E-state index in [-0.39, 0.29) is 12.1 Å². The molecular weight excluding hydrogens is 312 g/mol. The van der Waals surface area contributed by atoms with E-state index in [0.717, 1.165) is 12.1 Å². The van der Waals surface area contributed by atoms with Crippen LogP contribution < -0.4 is 5.32 Å². The number of halogens is 3. The number of hydrogen-bond acceptors (Lipinski definition) is 3. The molecule has 98 valence electrons. The number of hydrogen-bond donors (Lipinski definition) is 1. The first kappa shape index (κ1) is 14.6. The molecule has 1 rings (SSSR count). The highest BCUT2D eigenvalue weighted by Crippen LogP contribution is 2.09. The Labute approximate surface area is 110 Å². The molecule has 0 bridgehead atoms. The van der Waals surface area contributed by atoms with Gasteiger partial charge in [0.25, 0.3) is 5.91 Å². The lowest BCUT2D eigenvalue weighted by atomic mass is 10.2. The number of nitrogens with one attached hydrogen (secondary N) is 1. The van der Waals surface area contributed by atoms with Gasteiger partial charge in [-0.3, -0.25) is 9.59 Å². The van der Waals surface area contributed by atoms with Gasteiger partial charge in [-0.25, -0.2) is 8.78 Å². The van der Waals surface area contributed by atoms with Crippen molar-refractivity contribution >= 4 is 27.8 Å². The number of alkyl halides is 1. The van der Waals surface area contributed by atoms with Crippen LogP contribution in [0.1, 0.15) is 10.4 Å². The molecule has 0 saturated carbocycles. The number of carbonyl (C=O) groups is 2. The maximum Gasteiger partial charge on any atom is 0.321 e. The monoisotopic (exact) mass is 321 g/mol. The molecule has 1 atom stereocenters. The normalized spacial score (nSPS) is 11.8. The van der Waals surface area contributed by atoms with Crippen LogP contribution in [0.4, 0.5) is 8.78 Å². The molecule has 0 spiro atoms. The van der Waals surface area contributed by atoms with Crippen molar-refractivity contribution in [3.8, 4) is 0 Å².